The van der Waals surface area contributed by atoms with E-state index in [9.17, 15) is 0 Å². The van der Waals surface area contributed by atoms with E-state index in [-0.39, 0.29) is 0 Å². The fraction of sp³-hybridized carbons (Fsp3) is 0.308. The summed E-state index contributed by atoms with van der Waals surface area (Å²) in [6, 6.07) is 8.46. The molecule has 3 rings (SSSR count). The SMILES string of the molecule is COCC1CNc2cnc3ccccc3c2N1. The molecule has 0 amide bonds. The molecule has 4 heteroatoms. The standard InChI is InChI=1S/C13H15N3O/c1-17-8-9-6-14-12-7-15-11-5-3-2-4-10(11)13(12)16-9/h2-5,7,9,14,16H,6,8H2,1H3. The van der Waals surface area contributed by atoms with Crippen LogP contribution in [0.5, 0.6) is 0 Å². The van der Waals surface area contributed by atoms with Crippen molar-refractivity contribution in [2.75, 3.05) is 30.9 Å². The van der Waals surface area contributed by atoms with Gasteiger partial charge in [0.1, 0.15) is 0 Å². The Labute approximate surface area is 100.0 Å². The second kappa shape index (κ2) is 4.22. The topological polar surface area (TPSA) is 46.2 Å². The van der Waals surface area contributed by atoms with E-state index < -0.39 is 0 Å². The minimum atomic E-state index is 0.304. The second-order valence-corrected chi connectivity index (χ2v) is 4.24. The lowest BCUT2D eigenvalue weighted by Gasteiger charge is -2.28. The maximum absolute atomic E-state index is 5.19. The second-order valence-electron chi connectivity index (χ2n) is 4.24. The fourth-order valence-corrected chi connectivity index (χ4v) is 2.22. The van der Waals surface area contributed by atoms with Gasteiger partial charge in [0.05, 0.1) is 35.7 Å². The van der Waals surface area contributed by atoms with Crippen LogP contribution in [0.3, 0.4) is 0 Å². The first kappa shape index (κ1) is 10.4. The van der Waals surface area contributed by atoms with Gasteiger partial charge in [-0.15, -0.1) is 0 Å². The Hall–Kier alpha value is -1.81. The normalized spacial score (nSPS) is 18.3. The lowest BCUT2D eigenvalue weighted by molar-refractivity contribution is 0.188. The zero-order valence-electron chi connectivity index (χ0n) is 9.73. The zero-order valence-corrected chi connectivity index (χ0v) is 9.73. The number of methoxy groups -OCH3 is 1. The third kappa shape index (κ3) is 1.80. The molecule has 0 fully saturated rings. The molecular formula is C13H15N3O. The van der Waals surface area contributed by atoms with Crippen molar-refractivity contribution in [3.8, 4) is 0 Å². The summed E-state index contributed by atoms with van der Waals surface area (Å²) in [5.41, 5.74) is 3.21. The van der Waals surface area contributed by atoms with Crippen LogP contribution in [0.4, 0.5) is 11.4 Å². The van der Waals surface area contributed by atoms with Gasteiger partial charge in [-0.05, 0) is 6.07 Å². The average Bonchev–Trinajstić information content (AvgIpc) is 2.39. The van der Waals surface area contributed by atoms with Crippen LogP contribution in [0.25, 0.3) is 10.9 Å². The molecule has 0 radical (unpaired) electrons. The first-order valence-electron chi connectivity index (χ1n) is 5.75. The summed E-state index contributed by atoms with van der Waals surface area (Å²) in [6.45, 7) is 1.56. The number of nitrogens with zero attached hydrogens (tertiary/aromatic N) is 1. The van der Waals surface area contributed by atoms with Gasteiger partial charge in [0.15, 0.2) is 0 Å². The van der Waals surface area contributed by atoms with Gasteiger partial charge < -0.3 is 15.4 Å². The maximum atomic E-state index is 5.19. The van der Waals surface area contributed by atoms with Crippen LogP contribution < -0.4 is 10.6 Å². The van der Waals surface area contributed by atoms with Crippen LogP contribution in [-0.4, -0.2) is 31.3 Å². The molecule has 17 heavy (non-hydrogen) atoms. The van der Waals surface area contributed by atoms with Gasteiger partial charge in [0, 0.05) is 19.0 Å². The summed E-state index contributed by atoms with van der Waals surface area (Å²) in [7, 11) is 1.72. The van der Waals surface area contributed by atoms with Gasteiger partial charge in [-0.1, -0.05) is 18.2 Å². The van der Waals surface area contributed by atoms with Crippen LogP contribution in [0.1, 0.15) is 0 Å². The van der Waals surface area contributed by atoms with Crippen molar-refractivity contribution in [2.24, 2.45) is 0 Å². The molecule has 1 aliphatic heterocycles. The van der Waals surface area contributed by atoms with Crippen molar-refractivity contribution in [1.82, 2.24) is 4.98 Å². The Morgan fingerprint density at radius 1 is 1.41 bits per heavy atom. The van der Waals surface area contributed by atoms with E-state index in [0.717, 1.165) is 28.8 Å². The summed E-state index contributed by atoms with van der Waals surface area (Å²) in [4.78, 5) is 4.43. The number of ether oxygens (including phenoxy) is 1. The molecule has 88 valence electrons. The van der Waals surface area contributed by atoms with E-state index in [1.807, 2.05) is 24.4 Å². The van der Waals surface area contributed by atoms with Crippen molar-refractivity contribution in [2.45, 2.75) is 6.04 Å². The van der Waals surface area contributed by atoms with Crippen molar-refractivity contribution in [3.63, 3.8) is 0 Å². The summed E-state index contributed by atoms with van der Waals surface area (Å²) < 4.78 is 5.19. The molecule has 2 heterocycles. The Balaban J connectivity index is 2.06. The Morgan fingerprint density at radius 2 is 2.29 bits per heavy atom. The quantitative estimate of drug-likeness (QED) is 0.827. The largest absolute Gasteiger partial charge is 0.382 e. The van der Waals surface area contributed by atoms with E-state index in [0.29, 0.717) is 12.6 Å². The van der Waals surface area contributed by atoms with Crippen molar-refractivity contribution >= 4 is 22.3 Å². The highest BCUT2D eigenvalue weighted by atomic mass is 16.5. The zero-order chi connectivity index (χ0) is 11.7. The Morgan fingerprint density at radius 3 is 3.18 bits per heavy atom. The van der Waals surface area contributed by atoms with Gasteiger partial charge in [0.25, 0.3) is 0 Å². The summed E-state index contributed by atoms with van der Waals surface area (Å²) >= 11 is 0. The predicted molar refractivity (Wildman–Crippen MR) is 69.5 cm³/mol. The number of aromatic nitrogens is 1. The molecule has 4 nitrogen and oxygen atoms in total. The first-order valence-corrected chi connectivity index (χ1v) is 5.75. The van der Waals surface area contributed by atoms with E-state index in [4.69, 9.17) is 4.74 Å². The molecule has 0 spiro atoms. The number of benzene rings is 1. The third-order valence-corrected chi connectivity index (χ3v) is 3.03. The summed E-state index contributed by atoms with van der Waals surface area (Å²) in [6.07, 6.45) is 1.88. The Kier molecular flexibility index (Phi) is 2.57. The van der Waals surface area contributed by atoms with E-state index in [2.05, 4.69) is 21.7 Å². The molecule has 2 aromatic rings. The third-order valence-electron chi connectivity index (χ3n) is 3.03. The molecule has 1 aliphatic rings. The van der Waals surface area contributed by atoms with Crippen LogP contribution in [-0.2, 0) is 4.74 Å². The molecule has 2 N–H and O–H groups in total. The Bertz CT molecular complexity index is 541. The van der Waals surface area contributed by atoms with Crippen LogP contribution in [0.2, 0.25) is 0 Å². The maximum Gasteiger partial charge on any atom is 0.0769 e. The van der Waals surface area contributed by atoms with E-state index in [1.165, 1.54) is 0 Å². The molecule has 1 atom stereocenters. The summed E-state index contributed by atoms with van der Waals surface area (Å²) in [5, 5.41) is 8.05. The fourth-order valence-electron chi connectivity index (χ4n) is 2.22. The molecule has 0 saturated carbocycles. The number of hydrogen-bond acceptors (Lipinski definition) is 4. The highest BCUT2D eigenvalue weighted by Crippen LogP contribution is 2.32. The molecule has 1 aromatic heterocycles. The van der Waals surface area contributed by atoms with Gasteiger partial charge in [0.2, 0.25) is 0 Å². The molecule has 1 unspecified atom stereocenters. The lowest BCUT2D eigenvalue weighted by atomic mass is 10.1. The molecule has 0 aliphatic carbocycles. The van der Waals surface area contributed by atoms with Crippen molar-refractivity contribution < 1.29 is 4.74 Å². The van der Waals surface area contributed by atoms with Gasteiger partial charge >= 0.3 is 0 Å². The van der Waals surface area contributed by atoms with E-state index in [1.54, 1.807) is 7.11 Å². The van der Waals surface area contributed by atoms with Crippen LogP contribution in [0.15, 0.2) is 30.5 Å². The van der Waals surface area contributed by atoms with Crippen molar-refractivity contribution in [1.29, 1.82) is 0 Å². The number of anilines is 2. The van der Waals surface area contributed by atoms with Gasteiger partial charge in [-0.25, -0.2) is 0 Å². The van der Waals surface area contributed by atoms with Gasteiger partial charge in [-0.3, -0.25) is 4.98 Å². The number of rotatable bonds is 2. The monoisotopic (exact) mass is 229 g/mol. The number of pyridine rings is 1. The molecule has 1 aromatic carbocycles. The molecule has 0 bridgehead atoms. The van der Waals surface area contributed by atoms with Crippen LogP contribution >= 0.6 is 0 Å². The highest BCUT2D eigenvalue weighted by molar-refractivity contribution is 5.98. The number of nitrogens with one attached hydrogen (secondary N) is 2. The highest BCUT2D eigenvalue weighted by Gasteiger charge is 2.19. The minimum Gasteiger partial charge on any atom is -0.382 e. The number of para-hydroxylation sites is 1. The first-order chi connectivity index (χ1) is 8.38. The molecular weight excluding hydrogens is 214 g/mol. The number of hydrogen-bond donors (Lipinski definition) is 2. The average molecular weight is 229 g/mol. The van der Waals surface area contributed by atoms with E-state index >= 15 is 0 Å². The predicted octanol–water partition coefficient (Wildman–Crippen LogP) is 2.09. The summed E-state index contributed by atoms with van der Waals surface area (Å²) in [5.74, 6) is 0. The minimum absolute atomic E-state index is 0.304. The smallest absolute Gasteiger partial charge is 0.0769 e. The van der Waals surface area contributed by atoms with Gasteiger partial charge in [-0.2, -0.15) is 0 Å². The lowest BCUT2D eigenvalue weighted by Crippen LogP contribution is -2.36. The van der Waals surface area contributed by atoms with Crippen LogP contribution in [0, 0.1) is 0 Å². The van der Waals surface area contributed by atoms with Crippen molar-refractivity contribution in [3.05, 3.63) is 30.5 Å². The molecule has 0 saturated heterocycles. The number of fused-ring (bicyclic) bond motifs is 3.